The molecule has 2 bridgehead atoms. The molecule has 1 fully saturated rings. The summed E-state index contributed by atoms with van der Waals surface area (Å²) in [5.41, 5.74) is 0. The van der Waals surface area contributed by atoms with Crippen molar-refractivity contribution >= 4 is 6.09 Å². The van der Waals surface area contributed by atoms with Gasteiger partial charge in [0.2, 0.25) is 0 Å². The van der Waals surface area contributed by atoms with E-state index < -0.39 is 0 Å². The van der Waals surface area contributed by atoms with Gasteiger partial charge in [-0.25, -0.2) is 4.79 Å². The zero-order valence-electron chi connectivity index (χ0n) is 7.82. The highest BCUT2D eigenvalue weighted by Crippen LogP contribution is 2.43. The second-order valence-electron chi connectivity index (χ2n) is 3.89. The van der Waals surface area contributed by atoms with Crippen LogP contribution in [0.2, 0.25) is 0 Å². The van der Waals surface area contributed by atoms with Crippen LogP contribution < -0.4 is 5.32 Å². The molecule has 1 saturated carbocycles. The molecular weight excluding hydrogens is 166 g/mol. The molecule has 3 atom stereocenters. The molecule has 13 heavy (non-hydrogen) atoms. The van der Waals surface area contributed by atoms with Gasteiger partial charge in [0.25, 0.3) is 0 Å². The Balaban J connectivity index is 1.78. The van der Waals surface area contributed by atoms with Gasteiger partial charge in [-0.1, -0.05) is 12.2 Å². The van der Waals surface area contributed by atoms with Crippen molar-refractivity contribution in [3.8, 4) is 0 Å². The lowest BCUT2D eigenvalue weighted by Crippen LogP contribution is -2.24. The first-order chi connectivity index (χ1) is 6.29. The van der Waals surface area contributed by atoms with Crippen LogP contribution in [0.4, 0.5) is 4.79 Å². The first kappa shape index (κ1) is 8.60. The van der Waals surface area contributed by atoms with E-state index in [1.165, 1.54) is 12.8 Å². The number of rotatable bonds is 2. The Hall–Kier alpha value is -0.990. The summed E-state index contributed by atoms with van der Waals surface area (Å²) in [6.07, 6.45) is 6.71. The van der Waals surface area contributed by atoms with Crippen LogP contribution in [-0.4, -0.2) is 19.7 Å². The van der Waals surface area contributed by atoms with E-state index in [4.69, 9.17) is 4.74 Å². The van der Waals surface area contributed by atoms with Gasteiger partial charge >= 0.3 is 6.09 Å². The number of alkyl carbamates (subject to hydrolysis) is 1. The van der Waals surface area contributed by atoms with Crippen LogP contribution in [0.25, 0.3) is 0 Å². The van der Waals surface area contributed by atoms with Crippen LogP contribution in [0.1, 0.15) is 12.8 Å². The molecule has 3 nitrogen and oxygen atoms in total. The number of fused-ring (bicyclic) bond motifs is 2. The van der Waals surface area contributed by atoms with Crippen molar-refractivity contribution in [3.63, 3.8) is 0 Å². The second kappa shape index (κ2) is 3.40. The van der Waals surface area contributed by atoms with Crippen molar-refractivity contribution in [1.29, 1.82) is 0 Å². The number of ether oxygens (including phenoxy) is 1. The largest absolute Gasteiger partial charge is 0.449 e. The SMILES string of the molecule is CNC(=O)OCC1CC2C=CC1C2. The van der Waals surface area contributed by atoms with E-state index in [1.54, 1.807) is 7.05 Å². The quantitative estimate of drug-likeness (QED) is 0.656. The van der Waals surface area contributed by atoms with Crippen molar-refractivity contribution in [2.75, 3.05) is 13.7 Å². The van der Waals surface area contributed by atoms with Gasteiger partial charge in [-0.05, 0) is 24.7 Å². The number of hydrogen-bond donors (Lipinski definition) is 1. The first-order valence-corrected chi connectivity index (χ1v) is 4.82. The Morgan fingerprint density at radius 2 is 2.38 bits per heavy atom. The number of hydrogen-bond acceptors (Lipinski definition) is 2. The monoisotopic (exact) mass is 181 g/mol. The summed E-state index contributed by atoms with van der Waals surface area (Å²) in [5.74, 6) is 1.98. The van der Waals surface area contributed by atoms with Crippen LogP contribution in [0.3, 0.4) is 0 Å². The Morgan fingerprint density at radius 3 is 2.92 bits per heavy atom. The number of allylic oxidation sites excluding steroid dienone is 2. The van der Waals surface area contributed by atoms with Crippen molar-refractivity contribution in [2.45, 2.75) is 12.8 Å². The maximum atomic E-state index is 10.8. The molecule has 3 unspecified atom stereocenters. The molecule has 0 saturated heterocycles. The van der Waals surface area contributed by atoms with Gasteiger partial charge in [0.1, 0.15) is 0 Å². The minimum absolute atomic E-state index is 0.313. The summed E-state index contributed by atoms with van der Waals surface area (Å²) >= 11 is 0. The average molecular weight is 181 g/mol. The molecule has 2 aliphatic rings. The lowest BCUT2D eigenvalue weighted by atomic mass is 9.95. The molecule has 0 aliphatic heterocycles. The van der Waals surface area contributed by atoms with Crippen molar-refractivity contribution in [1.82, 2.24) is 5.32 Å². The minimum Gasteiger partial charge on any atom is -0.449 e. The van der Waals surface area contributed by atoms with Gasteiger partial charge in [0.15, 0.2) is 0 Å². The van der Waals surface area contributed by atoms with E-state index in [0.717, 1.165) is 5.92 Å². The minimum atomic E-state index is -0.313. The molecule has 0 aromatic carbocycles. The fourth-order valence-electron chi connectivity index (χ4n) is 2.34. The lowest BCUT2D eigenvalue weighted by Gasteiger charge is -2.17. The maximum absolute atomic E-state index is 10.8. The van der Waals surface area contributed by atoms with Crippen molar-refractivity contribution in [3.05, 3.63) is 12.2 Å². The third-order valence-corrected chi connectivity index (χ3v) is 3.05. The van der Waals surface area contributed by atoms with E-state index in [1.807, 2.05) is 0 Å². The van der Waals surface area contributed by atoms with Gasteiger partial charge in [0.05, 0.1) is 6.61 Å². The number of amides is 1. The maximum Gasteiger partial charge on any atom is 0.406 e. The molecule has 0 radical (unpaired) electrons. The molecule has 0 heterocycles. The smallest absolute Gasteiger partial charge is 0.406 e. The molecule has 2 aliphatic carbocycles. The zero-order chi connectivity index (χ0) is 9.26. The average Bonchev–Trinajstić information content (AvgIpc) is 2.74. The van der Waals surface area contributed by atoms with Crippen LogP contribution in [0.15, 0.2) is 12.2 Å². The third kappa shape index (κ3) is 1.69. The van der Waals surface area contributed by atoms with Gasteiger partial charge in [-0.2, -0.15) is 0 Å². The summed E-state index contributed by atoms with van der Waals surface area (Å²) in [6.45, 7) is 0.575. The molecule has 3 heteroatoms. The van der Waals surface area contributed by atoms with Gasteiger partial charge in [-0.3, -0.25) is 0 Å². The molecule has 1 N–H and O–H groups in total. The van der Waals surface area contributed by atoms with Crippen LogP contribution in [0.5, 0.6) is 0 Å². The first-order valence-electron chi connectivity index (χ1n) is 4.82. The summed E-state index contributed by atoms with van der Waals surface area (Å²) in [6, 6.07) is 0. The highest BCUT2D eigenvalue weighted by Gasteiger charge is 2.36. The standard InChI is InChI=1S/C10H15NO2/c1-11-10(12)13-6-9-5-7-2-3-8(9)4-7/h2-3,7-9H,4-6H2,1H3,(H,11,12). The zero-order valence-corrected chi connectivity index (χ0v) is 7.82. The third-order valence-electron chi connectivity index (χ3n) is 3.05. The lowest BCUT2D eigenvalue weighted by molar-refractivity contribution is 0.122. The van der Waals surface area contributed by atoms with Crippen LogP contribution in [-0.2, 0) is 4.74 Å². The topological polar surface area (TPSA) is 38.3 Å². The molecule has 0 aromatic rings. The van der Waals surface area contributed by atoms with Gasteiger partial charge < -0.3 is 10.1 Å². The number of carbonyl (C=O) groups excluding carboxylic acids is 1. The molecule has 72 valence electrons. The van der Waals surface area contributed by atoms with E-state index >= 15 is 0 Å². The second-order valence-corrected chi connectivity index (χ2v) is 3.89. The highest BCUT2D eigenvalue weighted by molar-refractivity contribution is 5.66. The van der Waals surface area contributed by atoms with Crippen LogP contribution in [0, 0.1) is 17.8 Å². The summed E-state index contributed by atoms with van der Waals surface area (Å²) in [7, 11) is 1.59. The Bertz CT molecular complexity index is 237. The van der Waals surface area contributed by atoms with Gasteiger partial charge in [0, 0.05) is 13.0 Å². The highest BCUT2D eigenvalue weighted by atomic mass is 16.5. The van der Waals surface area contributed by atoms with Crippen molar-refractivity contribution < 1.29 is 9.53 Å². The predicted octanol–water partition coefficient (Wildman–Crippen LogP) is 1.55. The summed E-state index contributed by atoms with van der Waals surface area (Å²) in [5, 5.41) is 2.45. The van der Waals surface area contributed by atoms with Crippen LogP contribution >= 0.6 is 0 Å². The molecule has 1 amide bonds. The van der Waals surface area contributed by atoms with Gasteiger partial charge in [-0.15, -0.1) is 0 Å². The summed E-state index contributed by atoms with van der Waals surface area (Å²) < 4.78 is 5.04. The molecule has 0 aromatic heterocycles. The Morgan fingerprint density at radius 1 is 1.54 bits per heavy atom. The Labute approximate surface area is 78.1 Å². The van der Waals surface area contributed by atoms with E-state index in [9.17, 15) is 4.79 Å². The predicted molar refractivity (Wildman–Crippen MR) is 49.3 cm³/mol. The van der Waals surface area contributed by atoms with E-state index in [0.29, 0.717) is 18.4 Å². The normalized spacial score (nSPS) is 35.0. The fourth-order valence-corrected chi connectivity index (χ4v) is 2.34. The van der Waals surface area contributed by atoms with E-state index in [-0.39, 0.29) is 6.09 Å². The molecule has 2 rings (SSSR count). The molecular formula is C10H15NO2. The number of nitrogens with one attached hydrogen (secondary N) is 1. The Kier molecular flexibility index (Phi) is 2.25. The fraction of sp³-hybridized carbons (Fsp3) is 0.700. The summed E-state index contributed by atoms with van der Waals surface area (Å²) in [4.78, 5) is 10.8. The van der Waals surface area contributed by atoms with Crippen molar-refractivity contribution in [2.24, 2.45) is 17.8 Å². The van der Waals surface area contributed by atoms with E-state index in [2.05, 4.69) is 17.5 Å². The number of carbonyl (C=O) groups is 1. The molecule has 0 spiro atoms.